The van der Waals surface area contributed by atoms with Crippen LogP contribution in [0.1, 0.15) is 60.6 Å². The lowest BCUT2D eigenvalue weighted by molar-refractivity contribution is -0.144. The van der Waals surface area contributed by atoms with Crippen LogP contribution in [0.3, 0.4) is 0 Å². The van der Waals surface area contributed by atoms with E-state index in [2.05, 4.69) is 4.74 Å². The molecule has 182 valence electrons. The lowest BCUT2D eigenvalue weighted by atomic mass is 9.83. The van der Waals surface area contributed by atoms with Crippen molar-refractivity contribution in [2.45, 2.75) is 51.9 Å². The van der Waals surface area contributed by atoms with Crippen molar-refractivity contribution >= 4 is 17.8 Å². The molecule has 0 saturated carbocycles. The highest BCUT2D eigenvalue weighted by atomic mass is 19.4. The van der Waals surface area contributed by atoms with Gasteiger partial charge in [0, 0.05) is 18.0 Å². The minimum Gasteiger partial charge on any atom is -0.463 e. The molecular weight excluding hydrogens is 455 g/mol. The molecule has 0 N–H and O–H groups in total. The quantitative estimate of drug-likeness (QED) is 0.552. The Labute approximate surface area is 194 Å². The smallest absolute Gasteiger partial charge is 0.416 e. The number of ether oxygens (including phenoxy) is 2. The first-order valence-corrected chi connectivity index (χ1v) is 10.5. The first kappa shape index (κ1) is 25.1. The number of hydrogen-bond acceptors (Lipinski definition) is 6. The fraction of sp³-hybridized carbons (Fsp3) is 0.375. The number of carbonyl (C=O) groups excluding carboxylic acids is 3. The molecule has 7 nitrogen and oxygen atoms in total. The summed E-state index contributed by atoms with van der Waals surface area (Å²) in [4.78, 5) is 39.0. The van der Waals surface area contributed by atoms with Crippen LogP contribution in [0.15, 0.2) is 52.1 Å². The van der Waals surface area contributed by atoms with Gasteiger partial charge in [0.05, 0.1) is 30.9 Å². The normalized spacial score (nSPS) is 16.8. The van der Waals surface area contributed by atoms with Gasteiger partial charge in [0.15, 0.2) is 0 Å². The maximum absolute atomic E-state index is 13.0. The van der Waals surface area contributed by atoms with Gasteiger partial charge in [0.2, 0.25) is 11.7 Å². The number of carbonyl (C=O) groups is 3. The second-order valence-electron chi connectivity index (χ2n) is 8.07. The third-order valence-electron chi connectivity index (χ3n) is 5.39. The maximum Gasteiger partial charge on any atom is 0.416 e. The number of nitrogens with zero attached hydrogens (tertiary/aromatic N) is 1. The Bertz CT molecular complexity index is 1110. The van der Waals surface area contributed by atoms with E-state index in [4.69, 9.17) is 9.15 Å². The van der Waals surface area contributed by atoms with Gasteiger partial charge in [-0.15, -0.1) is 0 Å². The summed E-state index contributed by atoms with van der Waals surface area (Å²) in [5.41, 5.74) is 0.0314. The fourth-order valence-corrected chi connectivity index (χ4v) is 3.76. The zero-order chi connectivity index (χ0) is 25.2. The molecule has 0 fully saturated rings. The highest BCUT2D eigenvalue weighted by Gasteiger charge is 2.38. The van der Waals surface area contributed by atoms with Crippen LogP contribution in [-0.4, -0.2) is 36.0 Å². The SMILES string of the molecule is COC(=O)c1ccc(CN2C(=O)CC(c3ccc(C(F)(F)F)cc3)C(C(=O)OC(C)C)=C2C)o1. The summed E-state index contributed by atoms with van der Waals surface area (Å²) in [6, 6.07) is 7.30. The van der Waals surface area contributed by atoms with Gasteiger partial charge in [-0.1, -0.05) is 12.1 Å². The van der Waals surface area contributed by atoms with Crippen LogP contribution in [0.4, 0.5) is 13.2 Å². The second kappa shape index (κ2) is 9.74. The third-order valence-corrected chi connectivity index (χ3v) is 5.39. The standard InChI is InChI=1S/C24H24F3NO6/c1-13(2)33-23(31)21-14(3)28(12-17-9-10-19(34-17)22(30)32-4)20(29)11-18(21)15-5-7-16(8-6-15)24(25,26)27/h5-10,13,18H,11-12H2,1-4H3. The van der Waals surface area contributed by atoms with Crippen LogP contribution in [0, 0.1) is 0 Å². The summed E-state index contributed by atoms with van der Waals surface area (Å²) >= 11 is 0. The molecule has 1 aliphatic heterocycles. The van der Waals surface area contributed by atoms with Crippen LogP contribution in [0.25, 0.3) is 0 Å². The number of esters is 2. The van der Waals surface area contributed by atoms with Crippen molar-refractivity contribution in [1.29, 1.82) is 0 Å². The van der Waals surface area contributed by atoms with E-state index >= 15 is 0 Å². The van der Waals surface area contributed by atoms with Crippen molar-refractivity contribution in [3.63, 3.8) is 0 Å². The van der Waals surface area contributed by atoms with E-state index in [0.717, 1.165) is 12.1 Å². The molecule has 1 aromatic carbocycles. The molecule has 3 rings (SSSR count). The number of halogens is 3. The number of benzene rings is 1. The number of allylic oxidation sites excluding steroid dienone is 1. The molecule has 2 heterocycles. The largest absolute Gasteiger partial charge is 0.463 e. The van der Waals surface area contributed by atoms with Crippen LogP contribution in [0.5, 0.6) is 0 Å². The van der Waals surface area contributed by atoms with Gasteiger partial charge in [-0.2, -0.15) is 13.2 Å². The molecule has 1 amide bonds. The first-order valence-electron chi connectivity index (χ1n) is 10.5. The van der Waals surface area contributed by atoms with Gasteiger partial charge >= 0.3 is 18.1 Å². The summed E-state index contributed by atoms with van der Waals surface area (Å²) < 4.78 is 54.4. The molecule has 0 radical (unpaired) electrons. The lowest BCUT2D eigenvalue weighted by Gasteiger charge is -2.34. The fourth-order valence-electron chi connectivity index (χ4n) is 3.76. The maximum atomic E-state index is 13.0. The van der Waals surface area contributed by atoms with Crippen molar-refractivity contribution < 1.29 is 41.4 Å². The van der Waals surface area contributed by atoms with Crippen molar-refractivity contribution in [2.24, 2.45) is 0 Å². The number of amides is 1. The summed E-state index contributed by atoms with van der Waals surface area (Å²) in [5.74, 6) is -2.22. The van der Waals surface area contributed by atoms with Gasteiger partial charge < -0.3 is 18.8 Å². The average Bonchev–Trinajstić information content (AvgIpc) is 3.23. The van der Waals surface area contributed by atoms with E-state index in [1.807, 2.05) is 0 Å². The van der Waals surface area contributed by atoms with Crippen molar-refractivity contribution in [2.75, 3.05) is 7.11 Å². The van der Waals surface area contributed by atoms with E-state index in [1.54, 1.807) is 20.8 Å². The molecule has 0 saturated heterocycles. The highest BCUT2D eigenvalue weighted by Crippen LogP contribution is 2.39. The molecule has 1 unspecified atom stereocenters. The summed E-state index contributed by atoms with van der Waals surface area (Å²) in [7, 11) is 1.21. The van der Waals surface area contributed by atoms with Crippen LogP contribution >= 0.6 is 0 Å². The number of rotatable bonds is 6. The molecule has 1 aliphatic rings. The van der Waals surface area contributed by atoms with Gasteiger partial charge in [-0.3, -0.25) is 4.79 Å². The van der Waals surface area contributed by atoms with E-state index in [-0.39, 0.29) is 36.0 Å². The van der Waals surface area contributed by atoms with Crippen molar-refractivity contribution in [3.05, 3.63) is 70.3 Å². The van der Waals surface area contributed by atoms with Crippen LogP contribution < -0.4 is 0 Å². The minimum absolute atomic E-state index is 0.0364. The van der Waals surface area contributed by atoms with Crippen molar-refractivity contribution in [1.82, 2.24) is 4.90 Å². The Kier molecular flexibility index (Phi) is 7.18. The molecule has 2 aromatic rings. The van der Waals surface area contributed by atoms with Gasteiger partial charge in [-0.25, -0.2) is 9.59 Å². The number of alkyl halides is 3. The predicted molar refractivity (Wildman–Crippen MR) is 113 cm³/mol. The van der Waals surface area contributed by atoms with E-state index < -0.39 is 35.7 Å². The highest BCUT2D eigenvalue weighted by molar-refractivity contribution is 5.96. The first-order chi connectivity index (χ1) is 15.9. The Morgan fingerprint density at radius 1 is 1.12 bits per heavy atom. The predicted octanol–water partition coefficient (Wildman–Crippen LogP) is 4.83. The number of furan rings is 1. The minimum atomic E-state index is -4.50. The summed E-state index contributed by atoms with van der Waals surface area (Å²) in [6.45, 7) is 4.85. The molecular formula is C24H24F3NO6. The number of hydrogen-bond donors (Lipinski definition) is 0. The monoisotopic (exact) mass is 479 g/mol. The molecule has 0 aliphatic carbocycles. The molecule has 0 spiro atoms. The molecule has 0 bridgehead atoms. The zero-order valence-corrected chi connectivity index (χ0v) is 19.1. The zero-order valence-electron chi connectivity index (χ0n) is 19.1. The van der Waals surface area contributed by atoms with Crippen LogP contribution in [-0.2, 0) is 31.8 Å². The topological polar surface area (TPSA) is 86.0 Å². The van der Waals surface area contributed by atoms with Gasteiger partial charge in [0.25, 0.3) is 0 Å². The molecule has 34 heavy (non-hydrogen) atoms. The van der Waals surface area contributed by atoms with E-state index in [9.17, 15) is 27.6 Å². The van der Waals surface area contributed by atoms with Gasteiger partial charge in [-0.05, 0) is 50.6 Å². The Morgan fingerprint density at radius 2 is 1.76 bits per heavy atom. The molecule has 1 atom stereocenters. The second-order valence-corrected chi connectivity index (χ2v) is 8.07. The Balaban J connectivity index is 1.99. The van der Waals surface area contributed by atoms with E-state index in [0.29, 0.717) is 11.3 Å². The number of methoxy groups -OCH3 is 1. The van der Waals surface area contributed by atoms with Crippen LogP contribution in [0.2, 0.25) is 0 Å². The van der Waals surface area contributed by atoms with Crippen molar-refractivity contribution in [3.8, 4) is 0 Å². The lowest BCUT2D eigenvalue weighted by Crippen LogP contribution is -2.38. The van der Waals surface area contributed by atoms with E-state index in [1.165, 1.54) is 36.3 Å². The summed E-state index contributed by atoms with van der Waals surface area (Å²) in [5, 5.41) is 0. The third kappa shape index (κ3) is 5.32. The molecule has 10 heteroatoms. The van der Waals surface area contributed by atoms with Gasteiger partial charge in [0.1, 0.15) is 5.76 Å². The average molecular weight is 479 g/mol. The summed E-state index contributed by atoms with van der Waals surface area (Å²) in [6.07, 6.45) is -5.11. The Morgan fingerprint density at radius 3 is 2.32 bits per heavy atom. The molecule has 1 aromatic heterocycles. The Hall–Kier alpha value is -3.56.